The minimum absolute atomic E-state index is 0.0258. The lowest BCUT2D eigenvalue weighted by Gasteiger charge is -2.39. The number of nitrogens with one attached hydrogen (secondary N) is 2. The van der Waals surface area contributed by atoms with Gasteiger partial charge >= 0.3 is 11.8 Å². The van der Waals surface area contributed by atoms with Crippen LogP contribution in [0.1, 0.15) is 69.4 Å². The Labute approximate surface area is 189 Å². The summed E-state index contributed by atoms with van der Waals surface area (Å²) >= 11 is 0. The van der Waals surface area contributed by atoms with E-state index in [1.54, 1.807) is 6.07 Å². The first kappa shape index (κ1) is 24.2. The first-order chi connectivity index (χ1) is 15.5. The van der Waals surface area contributed by atoms with E-state index in [4.69, 9.17) is 4.74 Å². The number of methoxy groups -OCH3 is 1. The summed E-state index contributed by atoms with van der Waals surface area (Å²) in [5, 5.41) is 5.57. The summed E-state index contributed by atoms with van der Waals surface area (Å²) in [5.74, 6) is -2.57. The second-order valence-corrected chi connectivity index (χ2v) is 8.67. The van der Waals surface area contributed by atoms with Gasteiger partial charge in [0.2, 0.25) is 5.91 Å². The molecule has 0 aromatic heterocycles. The highest BCUT2D eigenvalue weighted by atomic mass is 19.1. The Hall–Kier alpha value is -2.48. The van der Waals surface area contributed by atoms with E-state index in [0.717, 1.165) is 44.9 Å². The van der Waals surface area contributed by atoms with Crippen LogP contribution in [0.3, 0.4) is 0 Å². The Kier molecular flexibility index (Phi) is 9.02. The molecular weight excluding hydrogens is 413 g/mol. The molecular formula is C24H34FN3O4. The van der Waals surface area contributed by atoms with Crippen molar-refractivity contribution in [1.82, 2.24) is 15.5 Å². The van der Waals surface area contributed by atoms with E-state index in [0.29, 0.717) is 12.8 Å². The van der Waals surface area contributed by atoms with Crippen LogP contribution in [0.2, 0.25) is 0 Å². The topological polar surface area (TPSA) is 87.7 Å². The number of hydrogen-bond donors (Lipinski definition) is 2. The van der Waals surface area contributed by atoms with Crippen molar-refractivity contribution < 1.29 is 23.5 Å². The summed E-state index contributed by atoms with van der Waals surface area (Å²) in [6.45, 7) is 0.510. The highest BCUT2D eigenvalue weighted by Gasteiger charge is 2.41. The lowest BCUT2D eigenvalue weighted by molar-refractivity contribution is -0.153. The zero-order chi connectivity index (χ0) is 22.9. The summed E-state index contributed by atoms with van der Waals surface area (Å²) in [6.07, 6.45) is 7.92. The van der Waals surface area contributed by atoms with Crippen LogP contribution in [0.5, 0.6) is 0 Å². The van der Waals surface area contributed by atoms with Crippen molar-refractivity contribution in [3.05, 3.63) is 35.6 Å². The van der Waals surface area contributed by atoms with Gasteiger partial charge < -0.3 is 20.3 Å². The van der Waals surface area contributed by atoms with Gasteiger partial charge in [0, 0.05) is 31.3 Å². The molecule has 7 nitrogen and oxygen atoms in total. The van der Waals surface area contributed by atoms with Gasteiger partial charge in [0.25, 0.3) is 0 Å². The van der Waals surface area contributed by atoms with Crippen molar-refractivity contribution in [1.29, 1.82) is 0 Å². The Morgan fingerprint density at radius 3 is 2.38 bits per heavy atom. The maximum atomic E-state index is 14.9. The van der Waals surface area contributed by atoms with E-state index in [-0.39, 0.29) is 30.8 Å². The van der Waals surface area contributed by atoms with Gasteiger partial charge in [-0.2, -0.15) is 0 Å². The summed E-state index contributed by atoms with van der Waals surface area (Å²) in [6, 6.07) is 4.40. The van der Waals surface area contributed by atoms with Gasteiger partial charge in [0.1, 0.15) is 11.9 Å². The van der Waals surface area contributed by atoms with E-state index in [2.05, 4.69) is 10.6 Å². The second-order valence-electron chi connectivity index (χ2n) is 8.67. The average molecular weight is 448 g/mol. The number of carbonyl (C=O) groups is 3. The zero-order valence-electron chi connectivity index (χ0n) is 18.8. The largest absolute Gasteiger partial charge is 0.383 e. The smallest absolute Gasteiger partial charge is 0.313 e. The van der Waals surface area contributed by atoms with Crippen LogP contribution in [0.25, 0.3) is 0 Å². The second kappa shape index (κ2) is 11.9. The van der Waals surface area contributed by atoms with Gasteiger partial charge in [0.15, 0.2) is 0 Å². The molecule has 1 aromatic carbocycles. The van der Waals surface area contributed by atoms with Crippen molar-refractivity contribution in [3.8, 4) is 0 Å². The lowest BCUT2D eigenvalue weighted by atomic mass is 9.91. The SMILES string of the molecule is COCCNC(=O)[C@H](c1ccccc1F)N(C(=O)C(=O)NC1CCCC1)C1CCCCC1. The molecule has 0 bridgehead atoms. The Morgan fingerprint density at radius 2 is 1.72 bits per heavy atom. The number of amides is 3. The normalized spacial score (nSPS) is 18.2. The van der Waals surface area contributed by atoms with Crippen LogP contribution in [0.4, 0.5) is 4.39 Å². The third kappa shape index (κ3) is 6.06. The molecule has 0 heterocycles. The third-order valence-electron chi connectivity index (χ3n) is 6.42. The number of carbonyl (C=O) groups excluding carboxylic acids is 3. The molecule has 1 aromatic rings. The van der Waals surface area contributed by atoms with E-state index >= 15 is 0 Å². The van der Waals surface area contributed by atoms with Crippen LogP contribution < -0.4 is 10.6 Å². The molecule has 3 amide bonds. The minimum Gasteiger partial charge on any atom is -0.383 e. The van der Waals surface area contributed by atoms with E-state index in [1.807, 2.05) is 0 Å². The van der Waals surface area contributed by atoms with Crippen molar-refractivity contribution in [2.75, 3.05) is 20.3 Å². The Bertz CT molecular complexity index is 791. The quantitative estimate of drug-likeness (QED) is 0.474. The van der Waals surface area contributed by atoms with Gasteiger partial charge in [-0.3, -0.25) is 14.4 Å². The molecule has 0 saturated heterocycles. The van der Waals surface area contributed by atoms with Crippen molar-refractivity contribution in [3.63, 3.8) is 0 Å². The number of rotatable bonds is 8. The molecule has 0 spiro atoms. The highest BCUT2D eigenvalue weighted by Crippen LogP contribution is 2.32. The van der Waals surface area contributed by atoms with Gasteiger partial charge in [-0.15, -0.1) is 0 Å². The standard InChI is InChI=1S/C24H34FN3O4/c1-32-16-15-26-22(29)21(19-13-7-8-14-20(19)25)28(18-11-3-2-4-12-18)24(31)23(30)27-17-9-5-6-10-17/h7-8,13-14,17-18,21H,2-6,9-12,15-16H2,1H3,(H,26,29)(H,27,30)/t21-/m0/s1. The zero-order valence-corrected chi connectivity index (χ0v) is 18.8. The first-order valence-corrected chi connectivity index (χ1v) is 11.7. The summed E-state index contributed by atoms with van der Waals surface area (Å²) in [7, 11) is 1.52. The number of benzene rings is 1. The monoisotopic (exact) mass is 447 g/mol. The number of nitrogens with zero attached hydrogens (tertiary/aromatic N) is 1. The molecule has 176 valence electrons. The molecule has 0 unspecified atom stereocenters. The molecule has 8 heteroatoms. The molecule has 0 radical (unpaired) electrons. The van der Waals surface area contributed by atoms with Gasteiger partial charge in [-0.1, -0.05) is 50.3 Å². The first-order valence-electron chi connectivity index (χ1n) is 11.7. The summed E-state index contributed by atoms with van der Waals surface area (Å²) < 4.78 is 19.9. The van der Waals surface area contributed by atoms with Crippen LogP contribution in [-0.4, -0.2) is 55.0 Å². The van der Waals surface area contributed by atoms with Crippen LogP contribution in [-0.2, 0) is 19.1 Å². The van der Waals surface area contributed by atoms with Crippen LogP contribution in [0.15, 0.2) is 24.3 Å². The molecule has 2 aliphatic carbocycles. The summed E-state index contributed by atoms with van der Waals surface area (Å²) in [5.41, 5.74) is 0.0926. The average Bonchev–Trinajstić information content (AvgIpc) is 3.31. The Morgan fingerprint density at radius 1 is 1.06 bits per heavy atom. The lowest BCUT2D eigenvalue weighted by Crippen LogP contribution is -2.55. The molecule has 2 fully saturated rings. The third-order valence-corrected chi connectivity index (χ3v) is 6.42. The molecule has 2 aliphatic rings. The molecule has 2 N–H and O–H groups in total. The Balaban J connectivity index is 1.94. The summed E-state index contributed by atoms with van der Waals surface area (Å²) in [4.78, 5) is 41.0. The van der Waals surface area contributed by atoms with Crippen molar-refractivity contribution >= 4 is 17.7 Å². The maximum Gasteiger partial charge on any atom is 0.313 e. The van der Waals surface area contributed by atoms with Crippen molar-refractivity contribution in [2.45, 2.75) is 75.9 Å². The van der Waals surface area contributed by atoms with E-state index in [1.165, 1.54) is 30.2 Å². The fraction of sp³-hybridized carbons (Fsp3) is 0.625. The van der Waals surface area contributed by atoms with E-state index < -0.39 is 29.6 Å². The predicted octanol–water partition coefficient (Wildman–Crippen LogP) is 2.85. The molecule has 2 saturated carbocycles. The van der Waals surface area contributed by atoms with Crippen LogP contribution >= 0.6 is 0 Å². The number of hydrogen-bond acceptors (Lipinski definition) is 4. The molecule has 3 rings (SSSR count). The van der Waals surface area contributed by atoms with Gasteiger partial charge in [0.05, 0.1) is 6.61 Å². The maximum absolute atomic E-state index is 14.9. The van der Waals surface area contributed by atoms with E-state index in [9.17, 15) is 18.8 Å². The van der Waals surface area contributed by atoms with Gasteiger partial charge in [-0.05, 0) is 31.7 Å². The predicted molar refractivity (Wildman–Crippen MR) is 118 cm³/mol. The molecule has 0 aliphatic heterocycles. The van der Waals surface area contributed by atoms with Crippen molar-refractivity contribution in [2.24, 2.45) is 0 Å². The fourth-order valence-electron chi connectivity index (χ4n) is 4.77. The number of ether oxygens (including phenoxy) is 1. The number of halogens is 1. The minimum atomic E-state index is -1.22. The highest BCUT2D eigenvalue weighted by molar-refractivity contribution is 6.35. The van der Waals surface area contributed by atoms with Crippen LogP contribution in [0, 0.1) is 5.82 Å². The molecule has 32 heavy (non-hydrogen) atoms. The molecule has 1 atom stereocenters. The van der Waals surface area contributed by atoms with Gasteiger partial charge in [-0.25, -0.2) is 4.39 Å². The fourth-order valence-corrected chi connectivity index (χ4v) is 4.77.